The van der Waals surface area contributed by atoms with Gasteiger partial charge in [0.2, 0.25) is 5.91 Å². The fraction of sp³-hybridized carbons (Fsp3) is 0.565. The van der Waals surface area contributed by atoms with Crippen LogP contribution in [0.3, 0.4) is 0 Å². The minimum atomic E-state index is -1.40. The molecule has 178 valence electrons. The van der Waals surface area contributed by atoms with Crippen molar-refractivity contribution in [1.29, 1.82) is 0 Å². The topological polar surface area (TPSA) is 154 Å². The highest BCUT2D eigenvalue weighted by Gasteiger charge is 2.30. The Morgan fingerprint density at radius 1 is 1.03 bits per heavy atom. The van der Waals surface area contributed by atoms with E-state index in [4.69, 9.17) is 16.2 Å². The van der Waals surface area contributed by atoms with Crippen LogP contribution < -0.4 is 22.1 Å². The third-order valence-corrected chi connectivity index (χ3v) is 4.85. The van der Waals surface area contributed by atoms with E-state index in [1.165, 1.54) is 6.92 Å². The van der Waals surface area contributed by atoms with E-state index in [9.17, 15) is 19.2 Å². The van der Waals surface area contributed by atoms with Crippen LogP contribution in [-0.2, 0) is 30.5 Å². The normalized spacial score (nSPS) is 13.8. The van der Waals surface area contributed by atoms with E-state index >= 15 is 0 Å². The van der Waals surface area contributed by atoms with E-state index in [1.807, 2.05) is 30.3 Å². The Hall–Kier alpha value is -2.62. The lowest BCUT2D eigenvalue weighted by atomic mass is 9.98. The Balaban J connectivity index is 2.51. The number of ketones is 2. The molecular weight excluding hydrogens is 412 g/mol. The first-order chi connectivity index (χ1) is 15.1. The summed E-state index contributed by atoms with van der Waals surface area (Å²) in [5, 5.41) is 4.96. The number of rotatable bonds is 15. The molecule has 0 fully saturated rings. The number of nitrogens with one attached hydrogen (secondary N) is 2. The van der Waals surface area contributed by atoms with Crippen molar-refractivity contribution in [2.75, 3.05) is 13.2 Å². The van der Waals surface area contributed by atoms with Crippen molar-refractivity contribution in [2.24, 2.45) is 17.4 Å². The Morgan fingerprint density at radius 2 is 1.69 bits per heavy atom. The molecule has 1 rings (SSSR count). The second-order valence-electron chi connectivity index (χ2n) is 8.10. The fourth-order valence-electron chi connectivity index (χ4n) is 3.02. The van der Waals surface area contributed by atoms with Gasteiger partial charge < -0.3 is 26.8 Å². The van der Waals surface area contributed by atoms with Crippen LogP contribution in [0.1, 0.15) is 45.6 Å². The first-order valence-electron chi connectivity index (χ1n) is 10.9. The second kappa shape index (κ2) is 14.4. The number of nitrogens with two attached hydrogens (primary N) is 2. The molecule has 1 aromatic carbocycles. The SMILES string of the molecule is CC(=O)[C@H](NC(=O)CC(N)CCOCc1ccccc1)C(=O)N[C@@H](CCN)C(=O)C(C)C. The molecule has 32 heavy (non-hydrogen) atoms. The van der Waals surface area contributed by atoms with E-state index in [2.05, 4.69) is 10.6 Å². The number of benzene rings is 1. The summed E-state index contributed by atoms with van der Waals surface area (Å²) >= 11 is 0. The molecule has 0 aliphatic carbocycles. The molecule has 6 N–H and O–H groups in total. The fourth-order valence-corrected chi connectivity index (χ4v) is 3.02. The first kappa shape index (κ1) is 27.4. The van der Waals surface area contributed by atoms with Gasteiger partial charge in [-0.05, 0) is 31.9 Å². The summed E-state index contributed by atoms with van der Waals surface area (Å²) in [6.45, 7) is 5.65. The molecule has 0 spiro atoms. The molecule has 0 saturated heterocycles. The summed E-state index contributed by atoms with van der Waals surface area (Å²) in [7, 11) is 0. The molecule has 9 heteroatoms. The van der Waals surface area contributed by atoms with E-state index in [0.29, 0.717) is 19.6 Å². The molecule has 0 bridgehead atoms. The lowest BCUT2D eigenvalue weighted by Crippen LogP contribution is -2.55. The molecule has 1 aromatic rings. The van der Waals surface area contributed by atoms with Crippen LogP contribution in [0.2, 0.25) is 0 Å². The highest BCUT2D eigenvalue weighted by molar-refractivity contribution is 6.08. The Labute approximate surface area is 189 Å². The predicted molar refractivity (Wildman–Crippen MR) is 121 cm³/mol. The maximum Gasteiger partial charge on any atom is 0.250 e. The highest BCUT2D eigenvalue weighted by Crippen LogP contribution is 2.05. The van der Waals surface area contributed by atoms with Crippen LogP contribution >= 0.6 is 0 Å². The van der Waals surface area contributed by atoms with Crippen LogP contribution in [0.15, 0.2) is 30.3 Å². The van der Waals surface area contributed by atoms with Crippen molar-refractivity contribution in [2.45, 2.75) is 64.8 Å². The number of ether oxygens (including phenoxy) is 1. The zero-order valence-corrected chi connectivity index (χ0v) is 19.1. The van der Waals surface area contributed by atoms with E-state index < -0.39 is 35.7 Å². The number of carbonyl (C=O) groups excluding carboxylic acids is 4. The standard InChI is InChI=1S/C23H36N4O5/c1-15(2)22(30)19(9-11-24)26-23(31)21(16(3)28)27-20(29)13-18(25)10-12-32-14-17-7-5-4-6-8-17/h4-8,15,18-19,21H,9-14,24-25H2,1-3H3,(H,26,31)(H,27,29)/t18?,19-,21-/m0/s1. The van der Waals surface area contributed by atoms with E-state index in [1.54, 1.807) is 13.8 Å². The van der Waals surface area contributed by atoms with Crippen LogP contribution in [0.5, 0.6) is 0 Å². The number of Topliss-reactive ketones (excluding diaryl/α,β-unsaturated/α-hetero) is 2. The maximum atomic E-state index is 12.6. The van der Waals surface area contributed by atoms with Crippen LogP contribution in [-0.4, -0.2) is 54.7 Å². The lowest BCUT2D eigenvalue weighted by molar-refractivity contribution is -0.137. The molecule has 1 unspecified atom stereocenters. The average Bonchev–Trinajstić information content (AvgIpc) is 2.74. The first-order valence-corrected chi connectivity index (χ1v) is 10.9. The van der Waals surface area contributed by atoms with Crippen LogP contribution in [0.25, 0.3) is 0 Å². The maximum absolute atomic E-state index is 12.6. The van der Waals surface area contributed by atoms with Gasteiger partial charge in [-0.2, -0.15) is 0 Å². The number of hydrogen-bond donors (Lipinski definition) is 4. The second-order valence-corrected chi connectivity index (χ2v) is 8.10. The molecule has 0 heterocycles. The lowest BCUT2D eigenvalue weighted by Gasteiger charge is -2.23. The molecule has 0 aromatic heterocycles. The Morgan fingerprint density at radius 3 is 2.25 bits per heavy atom. The van der Waals surface area contributed by atoms with Gasteiger partial charge in [0.05, 0.1) is 12.6 Å². The number of amides is 2. The smallest absolute Gasteiger partial charge is 0.250 e. The zero-order valence-electron chi connectivity index (χ0n) is 19.1. The molecule has 3 atom stereocenters. The van der Waals surface area contributed by atoms with E-state index in [0.717, 1.165) is 5.56 Å². The van der Waals surface area contributed by atoms with Gasteiger partial charge in [0.25, 0.3) is 5.91 Å². The molecular formula is C23H36N4O5. The summed E-state index contributed by atoms with van der Waals surface area (Å²) in [5.41, 5.74) is 12.6. The van der Waals surface area contributed by atoms with Gasteiger partial charge >= 0.3 is 0 Å². The van der Waals surface area contributed by atoms with Crippen molar-refractivity contribution < 1.29 is 23.9 Å². The van der Waals surface area contributed by atoms with Gasteiger partial charge in [0, 0.05) is 25.0 Å². The third-order valence-electron chi connectivity index (χ3n) is 4.85. The minimum absolute atomic E-state index is 0.0666. The van der Waals surface area contributed by atoms with E-state index in [-0.39, 0.29) is 31.1 Å². The predicted octanol–water partition coefficient (Wildman–Crippen LogP) is 0.443. The highest BCUT2D eigenvalue weighted by atomic mass is 16.5. The van der Waals surface area contributed by atoms with Crippen molar-refractivity contribution >= 4 is 23.4 Å². The summed E-state index contributed by atoms with van der Waals surface area (Å²) in [4.78, 5) is 49.1. The largest absolute Gasteiger partial charge is 0.377 e. The zero-order chi connectivity index (χ0) is 24.1. The summed E-state index contributed by atoms with van der Waals surface area (Å²) in [5.74, 6) is -2.30. The quantitative estimate of drug-likeness (QED) is 0.224. The molecule has 2 amide bonds. The van der Waals surface area contributed by atoms with Gasteiger partial charge in [0.15, 0.2) is 17.6 Å². The summed E-state index contributed by atoms with van der Waals surface area (Å²) < 4.78 is 5.57. The molecule has 0 aliphatic heterocycles. The van der Waals surface area contributed by atoms with Gasteiger partial charge in [-0.15, -0.1) is 0 Å². The minimum Gasteiger partial charge on any atom is -0.377 e. The summed E-state index contributed by atoms with van der Waals surface area (Å²) in [6, 6.07) is 6.97. The van der Waals surface area contributed by atoms with Crippen molar-refractivity contribution in [3.05, 3.63) is 35.9 Å². The van der Waals surface area contributed by atoms with Crippen molar-refractivity contribution in [1.82, 2.24) is 10.6 Å². The van der Waals surface area contributed by atoms with Crippen LogP contribution in [0, 0.1) is 5.92 Å². The molecule has 0 aliphatic rings. The van der Waals surface area contributed by atoms with Crippen molar-refractivity contribution in [3.63, 3.8) is 0 Å². The number of hydrogen-bond acceptors (Lipinski definition) is 7. The Kier molecular flexibility index (Phi) is 12.4. The average molecular weight is 449 g/mol. The van der Waals surface area contributed by atoms with Gasteiger partial charge in [-0.1, -0.05) is 44.2 Å². The monoisotopic (exact) mass is 448 g/mol. The van der Waals surface area contributed by atoms with Gasteiger partial charge in [-0.25, -0.2) is 0 Å². The third kappa shape index (κ3) is 10.1. The van der Waals surface area contributed by atoms with Gasteiger partial charge in [-0.3, -0.25) is 19.2 Å². The van der Waals surface area contributed by atoms with Gasteiger partial charge in [0.1, 0.15) is 0 Å². The van der Waals surface area contributed by atoms with Crippen LogP contribution in [0.4, 0.5) is 0 Å². The number of carbonyl (C=O) groups is 4. The Bertz CT molecular complexity index is 754. The van der Waals surface area contributed by atoms with Crippen molar-refractivity contribution in [3.8, 4) is 0 Å². The molecule has 9 nitrogen and oxygen atoms in total. The molecule has 0 radical (unpaired) electrons. The molecule has 0 saturated carbocycles. The summed E-state index contributed by atoms with van der Waals surface area (Å²) in [6.07, 6.45) is 0.622.